The van der Waals surface area contributed by atoms with Gasteiger partial charge in [0.15, 0.2) is 0 Å². The van der Waals surface area contributed by atoms with Gasteiger partial charge < -0.3 is 5.32 Å². The van der Waals surface area contributed by atoms with E-state index in [1.54, 1.807) is 12.1 Å². The molecule has 2 N–H and O–H groups in total. The van der Waals surface area contributed by atoms with Crippen LogP contribution in [0.2, 0.25) is 4.34 Å². The van der Waals surface area contributed by atoms with Gasteiger partial charge in [0.25, 0.3) is 0 Å². The fourth-order valence-corrected chi connectivity index (χ4v) is 4.74. The minimum Gasteiger partial charge on any atom is -0.314 e. The van der Waals surface area contributed by atoms with Crippen molar-refractivity contribution in [1.82, 2.24) is 10.0 Å². The molecule has 0 aliphatic carbocycles. The standard InChI is InChI=1S/C10H15ClN2O2S2/c1-7-6-8(4-5-12-7)13-17(14,15)10-3-2-9(11)16-10/h2-3,7-8,12-13H,4-6H2,1H3. The van der Waals surface area contributed by atoms with Gasteiger partial charge in [-0.05, 0) is 38.4 Å². The van der Waals surface area contributed by atoms with Crippen molar-refractivity contribution in [1.29, 1.82) is 0 Å². The highest BCUT2D eigenvalue weighted by Gasteiger charge is 2.25. The Morgan fingerprint density at radius 2 is 2.29 bits per heavy atom. The Balaban J connectivity index is 2.07. The fraction of sp³-hybridized carbons (Fsp3) is 0.600. The first kappa shape index (κ1) is 13.3. The molecule has 0 radical (unpaired) electrons. The summed E-state index contributed by atoms with van der Waals surface area (Å²) in [6, 6.07) is 3.51. The van der Waals surface area contributed by atoms with Crippen LogP contribution in [0.5, 0.6) is 0 Å². The van der Waals surface area contributed by atoms with E-state index >= 15 is 0 Å². The molecule has 7 heteroatoms. The first-order valence-electron chi connectivity index (χ1n) is 5.48. The Hall–Kier alpha value is -0.140. The molecule has 0 amide bonds. The third kappa shape index (κ3) is 3.42. The minimum atomic E-state index is -3.41. The molecule has 1 aliphatic heterocycles. The fourth-order valence-electron chi connectivity index (χ4n) is 1.96. The lowest BCUT2D eigenvalue weighted by Crippen LogP contribution is -2.46. The number of rotatable bonds is 3. The Bertz CT molecular complexity index is 486. The Morgan fingerprint density at radius 3 is 2.88 bits per heavy atom. The van der Waals surface area contributed by atoms with Crippen LogP contribution in [-0.4, -0.2) is 27.0 Å². The highest BCUT2D eigenvalue weighted by molar-refractivity contribution is 7.91. The lowest BCUT2D eigenvalue weighted by molar-refractivity contribution is 0.361. The summed E-state index contributed by atoms with van der Waals surface area (Å²) in [5.41, 5.74) is 0. The Morgan fingerprint density at radius 1 is 1.53 bits per heavy atom. The normalized spacial score (nSPS) is 26.0. The summed E-state index contributed by atoms with van der Waals surface area (Å²) in [5.74, 6) is 0. The van der Waals surface area contributed by atoms with Crippen LogP contribution in [-0.2, 0) is 10.0 Å². The molecule has 96 valence electrons. The Kier molecular flexibility index (Phi) is 4.10. The van der Waals surface area contributed by atoms with E-state index in [0.29, 0.717) is 10.4 Å². The summed E-state index contributed by atoms with van der Waals surface area (Å²) in [6.07, 6.45) is 1.64. The van der Waals surface area contributed by atoms with Crippen LogP contribution in [0.15, 0.2) is 16.3 Å². The average molecular weight is 295 g/mol. The number of piperidine rings is 1. The van der Waals surface area contributed by atoms with Gasteiger partial charge in [-0.3, -0.25) is 0 Å². The van der Waals surface area contributed by atoms with E-state index in [-0.39, 0.29) is 10.3 Å². The molecule has 0 aromatic carbocycles. The van der Waals surface area contributed by atoms with E-state index in [0.717, 1.165) is 30.7 Å². The van der Waals surface area contributed by atoms with Crippen molar-refractivity contribution in [3.8, 4) is 0 Å². The van der Waals surface area contributed by atoms with Crippen molar-refractivity contribution in [3.63, 3.8) is 0 Å². The second-order valence-corrected chi connectivity index (χ2v) is 7.91. The molecule has 1 aromatic rings. The molecule has 0 bridgehead atoms. The van der Waals surface area contributed by atoms with Crippen molar-refractivity contribution < 1.29 is 8.42 Å². The topological polar surface area (TPSA) is 58.2 Å². The lowest BCUT2D eigenvalue weighted by Gasteiger charge is -2.28. The van der Waals surface area contributed by atoms with Gasteiger partial charge in [0.1, 0.15) is 4.21 Å². The quantitative estimate of drug-likeness (QED) is 0.894. The zero-order valence-electron chi connectivity index (χ0n) is 9.44. The first-order valence-corrected chi connectivity index (χ1v) is 8.16. The van der Waals surface area contributed by atoms with Gasteiger partial charge >= 0.3 is 0 Å². The summed E-state index contributed by atoms with van der Waals surface area (Å²) in [5, 5.41) is 3.29. The van der Waals surface area contributed by atoms with Crippen molar-refractivity contribution in [3.05, 3.63) is 16.5 Å². The van der Waals surface area contributed by atoms with Crippen LogP contribution in [0, 0.1) is 0 Å². The van der Waals surface area contributed by atoms with Gasteiger partial charge in [-0.1, -0.05) is 11.6 Å². The molecule has 2 unspecified atom stereocenters. The molecule has 2 heterocycles. The summed E-state index contributed by atoms with van der Waals surface area (Å²) < 4.78 is 27.6. The summed E-state index contributed by atoms with van der Waals surface area (Å²) in [7, 11) is -3.41. The molecular weight excluding hydrogens is 280 g/mol. The van der Waals surface area contributed by atoms with Gasteiger partial charge in [-0.15, -0.1) is 11.3 Å². The third-order valence-electron chi connectivity index (χ3n) is 2.76. The summed E-state index contributed by atoms with van der Waals surface area (Å²) >= 11 is 6.83. The van der Waals surface area contributed by atoms with Crippen LogP contribution in [0.25, 0.3) is 0 Å². The minimum absolute atomic E-state index is 0.0112. The predicted octanol–water partition coefficient (Wildman–Crippen LogP) is 1.82. The number of hydrogen-bond donors (Lipinski definition) is 2. The second kappa shape index (κ2) is 5.24. The summed E-state index contributed by atoms with van der Waals surface area (Å²) in [6.45, 7) is 2.90. The van der Waals surface area contributed by atoms with Gasteiger partial charge in [0, 0.05) is 12.1 Å². The smallest absolute Gasteiger partial charge is 0.250 e. The highest BCUT2D eigenvalue weighted by Crippen LogP contribution is 2.26. The van der Waals surface area contributed by atoms with Crippen LogP contribution in [0.3, 0.4) is 0 Å². The molecule has 1 fully saturated rings. The largest absolute Gasteiger partial charge is 0.314 e. The maximum Gasteiger partial charge on any atom is 0.250 e. The van der Waals surface area contributed by atoms with Crippen molar-refractivity contribution in [2.45, 2.75) is 36.1 Å². The lowest BCUT2D eigenvalue weighted by atomic mass is 10.0. The first-order chi connectivity index (χ1) is 7.97. The highest BCUT2D eigenvalue weighted by atomic mass is 35.5. The molecular formula is C10H15ClN2O2S2. The molecule has 0 spiro atoms. The third-order valence-corrected chi connectivity index (χ3v) is 6.00. The number of sulfonamides is 1. The molecule has 2 rings (SSSR count). The van der Waals surface area contributed by atoms with Gasteiger partial charge in [0.2, 0.25) is 10.0 Å². The Labute approximate surface area is 110 Å². The van der Waals surface area contributed by atoms with Crippen LogP contribution in [0.1, 0.15) is 19.8 Å². The maximum atomic E-state index is 12.0. The maximum absolute atomic E-state index is 12.0. The predicted molar refractivity (Wildman–Crippen MR) is 70.1 cm³/mol. The molecule has 2 atom stereocenters. The molecule has 1 aromatic heterocycles. The van der Waals surface area contributed by atoms with E-state index in [2.05, 4.69) is 17.0 Å². The molecule has 0 saturated carbocycles. The van der Waals surface area contributed by atoms with Crippen molar-refractivity contribution >= 4 is 33.0 Å². The van der Waals surface area contributed by atoms with Crippen molar-refractivity contribution in [2.24, 2.45) is 0 Å². The number of halogens is 1. The van der Waals surface area contributed by atoms with Crippen molar-refractivity contribution in [2.75, 3.05) is 6.54 Å². The number of nitrogens with one attached hydrogen (secondary N) is 2. The van der Waals surface area contributed by atoms with Gasteiger partial charge in [0.05, 0.1) is 4.34 Å². The van der Waals surface area contributed by atoms with Crippen LogP contribution < -0.4 is 10.0 Å². The zero-order chi connectivity index (χ0) is 12.5. The van der Waals surface area contributed by atoms with E-state index in [4.69, 9.17) is 11.6 Å². The van der Waals surface area contributed by atoms with Crippen LogP contribution in [0.4, 0.5) is 0 Å². The van der Waals surface area contributed by atoms with Gasteiger partial charge in [-0.25, -0.2) is 13.1 Å². The summed E-state index contributed by atoms with van der Waals surface area (Å²) in [4.78, 5) is 0. The average Bonchev–Trinajstić information content (AvgIpc) is 2.65. The van der Waals surface area contributed by atoms with E-state index in [9.17, 15) is 8.42 Å². The van der Waals surface area contributed by atoms with Gasteiger partial charge in [-0.2, -0.15) is 0 Å². The number of thiophene rings is 1. The SMILES string of the molecule is CC1CC(NS(=O)(=O)c2ccc(Cl)s2)CCN1. The zero-order valence-corrected chi connectivity index (χ0v) is 11.8. The van der Waals surface area contributed by atoms with E-state index in [1.165, 1.54) is 0 Å². The molecule has 4 nitrogen and oxygen atoms in total. The molecule has 1 saturated heterocycles. The van der Waals surface area contributed by atoms with E-state index in [1.807, 2.05) is 0 Å². The molecule has 17 heavy (non-hydrogen) atoms. The number of hydrogen-bond acceptors (Lipinski definition) is 4. The molecule has 1 aliphatic rings. The van der Waals surface area contributed by atoms with Crippen LogP contribution >= 0.6 is 22.9 Å². The monoisotopic (exact) mass is 294 g/mol. The second-order valence-electron chi connectivity index (χ2n) is 4.26. The van der Waals surface area contributed by atoms with E-state index < -0.39 is 10.0 Å².